The number of ketones is 2. The zero-order valence-electron chi connectivity index (χ0n) is 55.5. The molecule has 2 aliphatic carbocycles. The minimum Gasteiger partial charge on any atom is -0.492 e. The van der Waals surface area contributed by atoms with Gasteiger partial charge < -0.3 is 93.0 Å². The van der Waals surface area contributed by atoms with Gasteiger partial charge in [0.05, 0.1) is 84.2 Å². The van der Waals surface area contributed by atoms with Crippen LogP contribution in [0.2, 0.25) is 0 Å². The third-order valence-electron chi connectivity index (χ3n) is 16.9. The summed E-state index contributed by atoms with van der Waals surface area (Å²) in [4.78, 5) is 48.2. The molecule has 95 heavy (non-hydrogen) atoms. The summed E-state index contributed by atoms with van der Waals surface area (Å²) < 4.78 is 73.8. The van der Waals surface area contributed by atoms with E-state index in [0.717, 1.165) is 17.5 Å². The van der Waals surface area contributed by atoms with Gasteiger partial charge in [0.25, 0.3) is 0 Å². The Labute approximate surface area is 581 Å². The van der Waals surface area contributed by atoms with Crippen molar-refractivity contribution in [1.82, 2.24) is 16.1 Å². The first-order valence-corrected chi connectivity index (χ1v) is 35.8. The van der Waals surface area contributed by atoms with E-state index in [1.807, 2.05) is 59.8 Å². The molecule has 4 heterocycles. The topological polar surface area (TPSA) is 308 Å². The second kappa shape index (κ2) is 35.4. The Bertz CT molecular complexity index is 3180. The first-order chi connectivity index (χ1) is 45.4. The molecule has 2 aromatic carbocycles. The van der Waals surface area contributed by atoms with Gasteiger partial charge in [0.15, 0.2) is 41.8 Å². The van der Waals surface area contributed by atoms with Crippen LogP contribution in [0, 0.1) is 34.2 Å². The van der Waals surface area contributed by atoms with E-state index in [9.17, 15) is 39.9 Å². The Morgan fingerprint density at radius 1 is 0.874 bits per heavy atom. The molecule has 2 aromatic rings. The molecule has 8 rings (SSSR count). The van der Waals surface area contributed by atoms with Crippen molar-refractivity contribution in [2.75, 3.05) is 67.0 Å². The van der Waals surface area contributed by atoms with Gasteiger partial charge in [-0.25, -0.2) is 0 Å². The third-order valence-corrected chi connectivity index (χ3v) is 22.7. The van der Waals surface area contributed by atoms with Crippen LogP contribution in [0.3, 0.4) is 0 Å². The van der Waals surface area contributed by atoms with Crippen molar-refractivity contribution in [3.05, 3.63) is 80.0 Å². The summed E-state index contributed by atoms with van der Waals surface area (Å²) in [5, 5.41) is 64.3. The number of hydroxylamine groups is 1. The number of nitrogens with one attached hydrogen (secondary N) is 3. The highest BCUT2D eigenvalue weighted by molar-refractivity contribution is 14.1. The number of benzene rings is 2. The molecule has 4 aliphatic heterocycles. The lowest BCUT2D eigenvalue weighted by atomic mass is 9.72. The number of para-hydroxylation sites is 1. The largest absolute Gasteiger partial charge is 0.492 e. The van der Waals surface area contributed by atoms with Crippen LogP contribution in [-0.4, -0.2) is 229 Å². The van der Waals surface area contributed by atoms with Gasteiger partial charge in [-0.05, 0) is 107 Å². The van der Waals surface area contributed by atoms with Crippen LogP contribution in [0.15, 0.2) is 65.3 Å². The van der Waals surface area contributed by atoms with Gasteiger partial charge in [-0.2, -0.15) is 5.48 Å². The molecular weight excluding hydrogens is 1410 g/mol. The second-order valence-corrected chi connectivity index (χ2v) is 29.7. The monoisotopic (exact) mass is 1500 g/mol. The number of methoxy groups -OCH3 is 4. The third kappa shape index (κ3) is 19.1. The molecule has 0 amide bonds. The van der Waals surface area contributed by atoms with Gasteiger partial charge in [0, 0.05) is 73.8 Å². The number of likely N-dealkylation sites (N-methyl/N-ethyl adjacent to an activating group) is 1. The Hall–Kier alpha value is -3.91. The number of Topliss-reactive ketones (excluding diaryl/α,β-unsaturated/α-hetero) is 2. The zero-order chi connectivity index (χ0) is 68.9. The van der Waals surface area contributed by atoms with Crippen LogP contribution in [0.25, 0.3) is 0 Å². The molecule has 0 radical (unpaired) electrons. The molecular formula is C67H90IN3O21S3. The minimum absolute atomic E-state index is 0.0293. The normalized spacial score (nSPS) is 33.3. The number of aliphatic hydroxyl groups excluding tert-OH is 4. The Morgan fingerprint density at radius 3 is 2.28 bits per heavy atom. The van der Waals surface area contributed by atoms with Gasteiger partial charge in [-0.3, -0.25) is 19.2 Å². The summed E-state index contributed by atoms with van der Waals surface area (Å²) >= 11 is 2.84. The summed E-state index contributed by atoms with van der Waals surface area (Å²) in [6.07, 6.45) is -12.7. The quantitative estimate of drug-likeness (QED) is 0.0174. The van der Waals surface area contributed by atoms with Crippen LogP contribution in [-0.2, 0) is 52.3 Å². The molecule has 28 heteroatoms. The van der Waals surface area contributed by atoms with E-state index in [2.05, 4.69) is 53.6 Å². The van der Waals surface area contributed by atoms with E-state index in [1.54, 1.807) is 51.7 Å². The molecule has 0 unspecified atom stereocenters. The first-order valence-electron chi connectivity index (χ1n) is 31.6. The van der Waals surface area contributed by atoms with E-state index in [0.29, 0.717) is 41.1 Å². The van der Waals surface area contributed by atoms with Crippen LogP contribution >= 0.6 is 55.9 Å². The van der Waals surface area contributed by atoms with E-state index in [-0.39, 0.29) is 88.1 Å². The van der Waals surface area contributed by atoms with Crippen LogP contribution < -0.4 is 35.1 Å². The standard InChI is InChI=1S/C67H90IN3O21S3/c1-13-70-43-33-85-48(31-47(43)80-9)90-60-55(76)53(71-92-49-30-44(73)62(39(6)86-49)94-63(78)50-36(3)52(68)58(61(83-12)57(50)81-10)91-64-56(77)59(82-11)54(75)38(5)88-64)37(4)87-65(60)89-46-23-19-14-15-20-25-67(79)32-45(74)41(29-35(2)72)51(46)42(67)24-28-93-95-66(7,8)34-69-26-27-84-40-21-17-16-18-22-40/h14-18,21-22,24,37-39,43-44,46-49,53-56,59-60,62,64-65,69-71,73,75-77,79H,13,26-34H2,1-12H3/b15-14-,42-24+/t37-,38+,39-,43+,44+,46+,47+,48+,49+,53-,54+,55+,56-,59-,60-,62-,64+,65+,67+/m1/s1. The van der Waals surface area contributed by atoms with Crippen LogP contribution in [0.5, 0.6) is 23.0 Å². The first kappa shape index (κ1) is 76.8. The SMILES string of the molecule is CCN[C@H]1CO[C@@H](O[C@H]2[C@H](O[C@H]3C#C/C=C\C#C[C@]4(O)CC(=O)C(CC(C)=O)=C3/C4=C\CSSC(C)(C)CNCCOc3ccccc3)O[C@H](C)[C@@H](NO[C@H]3C[C@H](O)[C@H](SC(=O)c4c(C)c(I)c(O[C@@H]5O[C@@H](C)[C@H](O)[C@@H](OC)[C@H]5O)c(OC)c4OC)[C@@H](C)O3)[C@@H]2O)C[C@@H]1OC. The lowest BCUT2D eigenvalue weighted by molar-refractivity contribution is -0.336. The fourth-order valence-electron chi connectivity index (χ4n) is 12.0. The zero-order valence-corrected chi connectivity index (χ0v) is 60.1. The van der Waals surface area contributed by atoms with Crippen molar-refractivity contribution < 1.29 is 102 Å². The molecule has 24 nitrogen and oxygen atoms in total. The number of aliphatic hydroxyl groups is 5. The van der Waals surface area contributed by atoms with Gasteiger partial charge in [0.1, 0.15) is 54.8 Å². The number of hydrogen-bond donors (Lipinski definition) is 8. The van der Waals surface area contributed by atoms with Crippen LogP contribution in [0.4, 0.5) is 0 Å². The van der Waals surface area contributed by atoms with Gasteiger partial charge in [0.2, 0.25) is 17.2 Å². The number of halogens is 1. The van der Waals surface area contributed by atoms with E-state index < -0.39 is 120 Å². The lowest BCUT2D eigenvalue weighted by Crippen LogP contribution is -2.65. The Balaban J connectivity index is 1.00. The number of rotatable bonds is 29. The summed E-state index contributed by atoms with van der Waals surface area (Å²) in [5.74, 6) is 12.3. The van der Waals surface area contributed by atoms with Crippen molar-refractivity contribution in [1.29, 1.82) is 0 Å². The molecule has 4 fully saturated rings. The lowest BCUT2D eigenvalue weighted by Gasteiger charge is -2.46. The van der Waals surface area contributed by atoms with Gasteiger partial charge >= 0.3 is 0 Å². The summed E-state index contributed by atoms with van der Waals surface area (Å²) in [5.41, 5.74) is 1.96. The molecule has 524 valence electrons. The van der Waals surface area contributed by atoms with Crippen molar-refractivity contribution in [2.24, 2.45) is 0 Å². The highest BCUT2D eigenvalue weighted by Gasteiger charge is 2.52. The van der Waals surface area contributed by atoms with E-state index in [4.69, 9.17) is 61.7 Å². The highest BCUT2D eigenvalue weighted by Crippen LogP contribution is 2.49. The van der Waals surface area contributed by atoms with Crippen molar-refractivity contribution in [3.8, 4) is 46.7 Å². The fraction of sp³-hybridized carbons (Fsp3) is 0.627. The predicted octanol–water partition coefficient (Wildman–Crippen LogP) is 5.03. The maximum Gasteiger partial charge on any atom is 0.229 e. The fourth-order valence-corrected chi connectivity index (χ4v) is 16.1. The average molecular weight is 1500 g/mol. The minimum atomic E-state index is -2.03. The molecule has 0 aromatic heterocycles. The molecule has 4 saturated heterocycles. The number of carbonyl (C=O) groups excluding carboxylic acids is 3. The average Bonchev–Trinajstić information content (AvgIpc) is 0.763. The van der Waals surface area contributed by atoms with E-state index >= 15 is 0 Å². The highest BCUT2D eigenvalue weighted by atomic mass is 127. The predicted molar refractivity (Wildman–Crippen MR) is 365 cm³/mol. The molecule has 0 spiro atoms. The number of allylic oxidation sites excluding steroid dienone is 3. The number of fused-ring (bicyclic) bond motifs is 2. The van der Waals surface area contributed by atoms with Gasteiger partial charge in [-0.15, -0.1) is 0 Å². The number of ether oxygens (including phenoxy) is 12. The number of thioether (sulfide) groups is 1. The molecule has 2 bridgehead atoms. The molecule has 19 atom stereocenters. The summed E-state index contributed by atoms with van der Waals surface area (Å²) in [6, 6.07) is 8.34. The molecule has 6 aliphatic rings. The summed E-state index contributed by atoms with van der Waals surface area (Å²) in [6.45, 7) is 16.8. The smallest absolute Gasteiger partial charge is 0.229 e. The maximum absolute atomic E-state index is 14.5. The Kier molecular flexibility index (Phi) is 28.6. The van der Waals surface area contributed by atoms with E-state index in [1.165, 1.54) is 51.2 Å². The number of hydrogen-bond acceptors (Lipinski definition) is 27. The maximum atomic E-state index is 14.5. The number of carbonyl (C=O) groups is 3. The van der Waals surface area contributed by atoms with Crippen molar-refractivity contribution in [2.45, 2.75) is 201 Å². The Morgan fingerprint density at radius 2 is 1.60 bits per heavy atom. The van der Waals surface area contributed by atoms with Gasteiger partial charge in [-0.1, -0.05) is 88.2 Å². The van der Waals surface area contributed by atoms with Crippen molar-refractivity contribution in [3.63, 3.8) is 0 Å². The second-order valence-electron chi connectivity index (χ2n) is 24.4. The summed E-state index contributed by atoms with van der Waals surface area (Å²) in [7, 11) is 8.84. The molecule has 8 N–H and O–H groups in total. The van der Waals surface area contributed by atoms with Crippen molar-refractivity contribution >= 4 is 72.6 Å². The molecule has 0 saturated carbocycles. The van der Waals surface area contributed by atoms with Crippen LogP contribution in [0.1, 0.15) is 90.1 Å².